The number of nitriles is 1. The zero-order valence-corrected chi connectivity index (χ0v) is 10.5. The third-order valence-corrected chi connectivity index (χ3v) is 3.07. The molecular weight excluding hydrogens is 230 g/mol. The van der Waals surface area contributed by atoms with E-state index in [0.29, 0.717) is 25.3 Å². The summed E-state index contributed by atoms with van der Waals surface area (Å²) < 4.78 is 5.05. The van der Waals surface area contributed by atoms with E-state index in [9.17, 15) is 4.79 Å². The first-order valence-corrected chi connectivity index (χ1v) is 5.72. The predicted molar refractivity (Wildman–Crippen MR) is 68.7 cm³/mol. The summed E-state index contributed by atoms with van der Waals surface area (Å²) in [6, 6.07) is 7.48. The van der Waals surface area contributed by atoms with E-state index in [2.05, 4.69) is 6.07 Å². The van der Waals surface area contributed by atoms with Crippen LogP contribution in [0.2, 0.25) is 0 Å². The van der Waals surface area contributed by atoms with Gasteiger partial charge in [0.1, 0.15) is 0 Å². The van der Waals surface area contributed by atoms with Gasteiger partial charge in [-0.05, 0) is 18.2 Å². The van der Waals surface area contributed by atoms with Crippen LogP contribution in [0, 0.1) is 11.3 Å². The molecule has 0 unspecified atom stereocenters. The number of likely N-dealkylation sites (N-methyl/N-ethyl adjacent to an activating group) is 1. The molecule has 0 atom stereocenters. The van der Waals surface area contributed by atoms with Crippen molar-refractivity contribution >= 4 is 17.3 Å². The number of amides is 1. The van der Waals surface area contributed by atoms with Crippen molar-refractivity contribution in [1.29, 1.82) is 5.26 Å². The molecule has 5 heteroatoms. The van der Waals surface area contributed by atoms with Crippen LogP contribution < -0.4 is 9.80 Å². The van der Waals surface area contributed by atoms with Crippen molar-refractivity contribution in [2.75, 3.05) is 43.7 Å². The van der Waals surface area contributed by atoms with E-state index in [0.717, 1.165) is 11.4 Å². The highest BCUT2D eigenvalue weighted by atomic mass is 16.5. The molecule has 0 saturated carbocycles. The number of carbonyl (C=O) groups is 1. The lowest BCUT2D eigenvalue weighted by molar-refractivity contribution is -0.117. The summed E-state index contributed by atoms with van der Waals surface area (Å²) in [6.45, 7) is 1.57. The highest BCUT2D eigenvalue weighted by Gasteiger charge is 2.26. The molecular formula is C13H15N3O2. The molecule has 0 fully saturated rings. The van der Waals surface area contributed by atoms with Crippen LogP contribution in [0.15, 0.2) is 18.2 Å². The summed E-state index contributed by atoms with van der Waals surface area (Å²) in [5, 5.41) is 8.91. The quantitative estimate of drug-likeness (QED) is 0.796. The van der Waals surface area contributed by atoms with Crippen molar-refractivity contribution in [3.8, 4) is 6.07 Å². The summed E-state index contributed by atoms with van der Waals surface area (Å²) in [5.74, 6) is 0.0219. The van der Waals surface area contributed by atoms with Crippen LogP contribution >= 0.6 is 0 Å². The zero-order chi connectivity index (χ0) is 13.1. The molecule has 0 N–H and O–H groups in total. The third kappa shape index (κ3) is 2.15. The fraction of sp³-hybridized carbons (Fsp3) is 0.385. The first kappa shape index (κ1) is 12.4. The van der Waals surface area contributed by atoms with Gasteiger partial charge in [-0.2, -0.15) is 5.26 Å². The van der Waals surface area contributed by atoms with Gasteiger partial charge >= 0.3 is 0 Å². The first-order valence-electron chi connectivity index (χ1n) is 5.72. The van der Waals surface area contributed by atoms with E-state index in [-0.39, 0.29) is 5.91 Å². The SMILES string of the molecule is COCCN1CC(=O)N(C)c2cc(C#N)ccc21. The number of hydrogen-bond donors (Lipinski definition) is 0. The average molecular weight is 245 g/mol. The summed E-state index contributed by atoms with van der Waals surface area (Å²) in [5.41, 5.74) is 2.30. The van der Waals surface area contributed by atoms with Gasteiger partial charge in [-0.15, -0.1) is 0 Å². The second kappa shape index (κ2) is 5.07. The lowest BCUT2D eigenvalue weighted by Crippen LogP contribution is -2.45. The Hall–Kier alpha value is -2.06. The van der Waals surface area contributed by atoms with E-state index in [1.165, 1.54) is 0 Å². The van der Waals surface area contributed by atoms with Gasteiger partial charge in [0.05, 0.1) is 36.2 Å². The number of hydrogen-bond acceptors (Lipinski definition) is 4. The number of methoxy groups -OCH3 is 1. The second-order valence-corrected chi connectivity index (χ2v) is 4.18. The topological polar surface area (TPSA) is 56.6 Å². The van der Waals surface area contributed by atoms with E-state index in [4.69, 9.17) is 10.00 Å². The van der Waals surface area contributed by atoms with Crippen LogP contribution in [0.5, 0.6) is 0 Å². The molecule has 2 rings (SSSR count). The van der Waals surface area contributed by atoms with Gasteiger partial charge in [0.2, 0.25) is 5.91 Å². The maximum Gasteiger partial charge on any atom is 0.246 e. The Balaban J connectivity index is 2.39. The van der Waals surface area contributed by atoms with Crippen LogP contribution in [0.25, 0.3) is 0 Å². The minimum atomic E-state index is 0.0219. The van der Waals surface area contributed by atoms with Crippen molar-refractivity contribution < 1.29 is 9.53 Å². The Kier molecular flexibility index (Phi) is 3.49. The standard InChI is InChI=1S/C13H15N3O2/c1-15-12-7-10(8-14)3-4-11(12)16(5-6-18-2)9-13(15)17/h3-4,7H,5-6,9H2,1-2H3. The van der Waals surface area contributed by atoms with E-state index in [1.54, 1.807) is 31.2 Å². The van der Waals surface area contributed by atoms with Crippen molar-refractivity contribution in [3.05, 3.63) is 23.8 Å². The Morgan fingerprint density at radius 2 is 2.22 bits per heavy atom. The lowest BCUT2D eigenvalue weighted by atomic mass is 10.1. The van der Waals surface area contributed by atoms with Crippen molar-refractivity contribution in [3.63, 3.8) is 0 Å². The number of nitrogens with zero attached hydrogens (tertiary/aromatic N) is 3. The van der Waals surface area contributed by atoms with Crippen LogP contribution in [0.4, 0.5) is 11.4 Å². The molecule has 0 saturated heterocycles. The van der Waals surface area contributed by atoms with Gasteiger partial charge in [-0.25, -0.2) is 0 Å². The molecule has 1 heterocycles. The van der Waals surface area contributed by atoms with Gasteiger partial charge in [0.15, 0.2) is 0 Å². The number of benzene rings is 1. The van der Waals surface area contributed by atoms with Gasteiger partial charge in [-0.1, -0.05) is 0 Å². The lowest BCUT2D eigenvalue weighted by Gasteiger charge is -2.35. The Morgan fingerprint density at radius 3 is 2.89 bits per heavy atom. The third-order valence-electron chi connectivity index (χ3n) is 3.07. The summed E-state index contributed by atoms with van der Waals surface area (Å²) >= 11 is 0. The highest BCUT2D eigenvalue weighted by molar-refractivity contribution is 6.03. The molecule has 0 spiro atoms. The second-order valence-electron chi connectivity index (χ2n) is 4.18. The van der Waals surface area contributed by atoms with Crippen molar-refractivity contribution in [1.82, 2.24) is 0 Å². The zero-order valence-electron chi connectivity index (χ0n) is 10.5. The molecule has 1 aliphatic rings. The fourth-order valence-electron chi connectivity index (χ4n) is 2.02. The normalized spacial score (nSPS) is 14.4. The van der Waals surface area contributed by atoms with Crippen LogP contribution in [0.3, 0.4) is 0 Å². The largest absolute Gasteiger partial charge is 0.383 e. The maximum absolute atomic E-state index is 11.9. The van der Waals surface area contributed by atoms with Gasteiger partial charge < -0.3 is 14.5 Å². The minimum absolute atomic E-state index is 0.0219. The van der Waals surface area contributed by atoms with E-state index >= 15 is 0 Å². The molecule has 5 nitrogen and oxygen atoms in total. The van der Waals surface area contributed by atoms with Crippen LogP contribution in [-0.4, -0.2) is 39.8 Å². The van der Waals surface area contributed by atoms with Gasteiger partial charge in [0, 0.05) is 20.7 Å². The molecule has 0 radical (unpaired) electrons. The van der Waals surface area contributed by atoms with E-state index < -0.39 is 0 Å². The van der Waals surface area contributed by atoms with Crippen LogP contribution in [0.1, 0.15) is 5.56 Å². The molecule has 1 aromatic carbocycles. The number of rotatable bonds is 3. The Morgan fingerprint density at radius 1 is 1.44 bits per heavy atom. The fourth-order valence-corrected chi connectivity index (χ4v) is 2.02. The molecule has 0 aliphatic carbocycles. The monoisotopic (exact) mass is 245 g/mol. The minimum Gasteiger partial charge on any atom is -0.383 e. The number of carbonyl (C=O) groups excluding carboxylic acids is 1. The van der Waals surface area contributed by atoms with E-state index in [1.807, 2.05) is 11.0 Å². The summed E-state index contributed by atoms with van der Waals surface area (Å²) in [6.07, 6.45) is 0. The number of fused-ring (bicyclic) bond motifs is 1. The van der Waals surface area contributed by atoms with Crippen molar-refractivity contribution in [2.24, 2.45) is 0 Å². The Labute approximate surface area is 106 Å². The first-order chi connectivity index (χ1) is 8.67. The molecule has 0 bridgehead atoms. The molecule has 0 aromatic heterocycles. The highest BCUT2D eigenvalue weighted by Crippen LogP contribution is 2.33. The van der Waals surface area contributed by atoms with Gasteiger partial charge in [-0.3, -0.25) is 4.79 Å². The average Bonchev–Trinajstić information content (AvgIpc) is 2.40. The summed E-state index contributed by atoms with van der Waals surface area (Å²) in [7, 11) is 3.37. The smallest absolute Gasteiger partial charge is 0.246 e. The predicted octanol–water partition coefficient (Wildman–Crippen LogP) is 0.987. The maximum atomic E-state index is 11.9. The molecule has 1 amide bonds. The van der Waals surface area contributed by atoms with Crippen molar-refractivity contribution in [2.45, 2.75) is 0 Å². The number of anilines is 2. The van der Waals surface area contributed by atoms with Crippen LogP contribution in [-0.2, 0) is 9.53 Å². The summed E-state index contributed by atoms with van der Waals surface area (Å²) in [4.78, 5) is 15.5. The van der Waals surface area contributed by atoms with Gasteiger partial charge in [0.25, 0.3) is 0 Å². The molecule has 18 heavy (non-hydrogen) atoms. The number of ether oxygens (including phenoxy) is 1. The molecule has 1 aliphatic heterocycles. The molecule has 1 aromatic rings. The Bertz CT molecular complexity index is 507. The molecule has 94 valence electrons.